The molecule has 0 bridgehead atoms. The maximum atomic E-state index is 13.5. The van der Waals surface area contributed by atoms with Crippen LogP contribution < -0.4 is 0 Å². The summed E-state index contributed by atoms with van der Waals surface area (Å²) in [6.45, 7) is -0.733. The summed E-state index contributed by atoms with van der Waals surface area (Å²) in [5, 5.41) is 0. The minimum Gasteiger partial charge on any atom is -0.462 e. The van der Waals surface area contributed by atoms with Gasteiger partial charge < -0.3 is 4.74 Å². The van der Waals surface area contributed by atoms with E-state index in [0.29, 0.717) is 0 Å². The highest BCUT2D eigenvalue weighted by Crippen LogP contribution is 2.25. The molecule has 13 heteroatoms. The lowest BCUT2D eigenvalue weighted by Gasteiger charge is -2.09. The number of hydrogen-bond donors (Lipinski definition) is 0. The van der Waals surface area contributed by atoms with Crippen LogP contribution in [0.1, 0.15) is 40.0 Å². The first kappa shape index (κ1) is 24.2. The first-order valence-corrected chi connectivity index (χ1v) is 8.14. The fourth-order valence-corrected chi connectivity index (χ4v) is 2.38. The van der Waals surface area contributed by atoms with Crippen LogP contribution in [0.2, 0.25) is 0 Å². The maximum Gasteiger partial charge on any atom is 0.344 e. The summed E-state index contributed by atoms with van der Waals surface area (Å²) in [5.74, 6) is -27.2. The van der Waals surface area contributed by atoms with E-state index >= 15 is 0 Å². The van der Waals surface area contributed by atoms with Crippen LogP contribution in [-0.4, -0.2) is 18.4 Å². The number of benzene rings is 2. The van der Waals surface area contributed by atoms with Gasteiger partial charge in [0.05, 0.1) is 12.2 Å². The lowest BCUT2D eigenvalue weighted by Crippen LogP contribution is -2.16. The van der Waals surface area contributed by atoms with Crippen LogP contribution in [0, 0.1) is 58.2 Å². The van der Waals surface area contributed by atoms with E-state index in [-0.39, 0.29) is 12.8 Å². The summed E-state index contributed by atoms with van der Waals surface area (Å²) in [5.41, 5.74) is -3.52. The van der Waals surface area contributed by atoms with Gasteiger partial charge in [-0.2, -0.15) is 0 Å². The molecule has 2 rings (SSSR count). The fourth-order valence-electron chi connectivity index (χ4n) is 2.38. The van der Waals surface area contributed by atoms with E-state index < -0.39 is 94.1 Å². The first-order chi connectivity index (χ1) is 14.4. The second kappa shape index (κ2) is 9.35. The Kier molecular flexibility index (Phi) is 7.28. The van der Waals surface area contributed by atoms with Gasteiger partial charge in [0.15, 0.2) is 52.3 Å². The molecular formula is C18H8F10O3. The highest BCUT2D eigenvalue weighted by atomic mass is 19.2. The van der Waals surface area contributed by atoms with Gasteiger partial charge in [-0.25, -0.2) is 48.7 Å². The van der Waals surface area contributed by atoms with Crippen molar-refractivity contribution in [1.29, 1.82) is 0 Å². The van der Waals surface area contributed by atoms with Crippen molar-refractivity contribution in [1.82, 2.24) is 0 Å². The quantitative estimate of drug-likeness (QED) is 0.140. The molecule has 0 spiro atoms. The van der Waals surface area contributed by atoms with Crippen molar-refractivity contribution in [3.8, 4) is 0 Å². The predicted octanol–water partition coefficient (Wildman–Crippen LogP) is 5.29. The SMILES string of the molecule is O=C(CCCCOC(=O)c1c(F)c(F)c(F)c(F)c1F)c1c(F)c(F)c(F)c(F)c1F. The number of unbranched alkanes of at least 4 members (excludes halogenated alkanes) is 1. The number of halogens is 10. The average molecular weight is 462 g/mol. The van der Waals surface area contributed by atoms with Gasteiger partial charge in [0.25, 0.3) is 0 Å². The highest BCUT2D eigenvalue weighted by Gasteiger charge is 2.31. The number of rotatable bonds is 7. The summed E-state index contributed by atoms with van der Waals surface area (Å²) in [7, 11) is 0. The summed E-state index contributed by atoms with van der Waals surface area (Å²) in [4.78, 5) is 23.3. The molecule has 31 heavy (non-hydrogen) atoms. The van der Waals surface area contributed by atoms with E-state index in [2.05, 4.69) is 4.74 Å². The summed E-state index contributed by atoms with van der Waals surface area (Å²) >= 11 is 0. The molecule has 0 saturated heterocycles. The van der Waals surface area contributed by atoms with Crippen molar-refractivity contribution in [2.75, 3.05) is 6.61 Å². The summed E-state index contributed by atoms with van der Waals surface area (Å²) < 4.78 is 136. The van der Waals surface area contributed by atoms with E-state index in [1.165, 1.54) is 0 Å². The Morgan fingerprint density at radius 2 is 0.871 bits per heavy atom. The number of Topliss-reactive ketones (excluding diaryl/α,β-unsaturated/α-hetero) is 1. The third-order valence-corrected chi connectivity index (χ3v) is 3.93. The van der Waals surface area contributed by atoms with Gasteiger partial charge in [-0.05, 0) is 12.8 Å². The number of carbonyl (C=O) groups is 2. The maximum absolute atomic E-state index is 13.5. The van der Waals surface area contributed by atoms with Crippen molar-refractivity contribution >= 4 is 11.8 Å². The largest absolute Gasteiger partial charge is 0.462 e. The monoisotopic (exact) mass is 462 g/mol. The number of ketones is 1. The van der Waals surface area contributed by atoms with Gasteiger partial charge in [-0.3, -0.25) is 4.79 Å². The molecule has 2 aromatic carbocycles. The lowest BCUT2D eigenvalue weighted by atomic mass is 10.0. The first-order valence-electron chi connectivity index (χ1n) is 8.14. The van der Waals surface area contributed by atoms with Crippen LogP contribution in [0.5, 0.6) is 0 Å². The van der Waals surface area contributed by atoms with Gasteiger partial charge in [0.1, 0.15) is 5.56 Å². The smallest absolute Gasteiger partial charge is 0.344 e. The third-order valence-electron chi connectivity index (χ3n) is 3.93. The Balaban J connectivity index is 1.99. The topological polar surface area (TPSA) is 43.4 Å². The summed E-state index contributed by atoms with van der Waals surface area (Å²) in [6, 6.07) is 0. The molecule has 0 radical (unpaired) electrons. The van der Waals surface area contributed by atoms with Crippen molar-refractivity contribution in [2.45, 2.75) is 19.3 Å². The van der Waals surface area contributed by atoms with E-state index in [0.717, 1.165) is 0 Å². The highest BCUT2D eigenvalue weighted by molar-refractivity contribution is 5.96. The number of esters is 1. The van der Waals surface area contributed by atoms with Gasteiger partial charge in [0, 0.05) is 6.42 Å². The van der Waals surface area contributed by atoms with Crippen molar-refractivity contribution in [3.63, 3.8) is 0 Å². The van der Waals surface area contributed by atoms with E-state index in [9.17, 15) is 53.5 Å². The molecular weight excluding hydrogens is 454 g/mol. The number of carbonyl (C=O) groups excluding carboxylic acids is 2. The molecule has 0 saturated carbocycles. The molecule has 0 N–H and O–H groups in total. The molecule has 0 aliphatic heterocycles. The molecule has 0 atom stereocenters. The zero-order valence-electron chi connectivity index (χ0n) is 14.8. The Hall–Kier alpha value is -3.12. The second-order valence-corrected chi connectivity index (χ2v) is 5.91. The molecule has 0 aliphatic rings. The van der Waals surface area contributed by atoms with Gasteiger partial charge in [-0.1, -0.05) is 0 Å². The predicted molar refractivity (Wildman–Crippen MR) is 80.9 cm³/mol. The molecule has 0 unspecified atom stereocenters. The molecule has 3 nitrogen and oxygen atoms in total. The third kappa shape index (κ3) is 4.49. The Bertz CT molecular complexity index is 926. The molecule has 2 aromatic rings. The van der Waals surface area contributed by atoms with Crippen LogP contribution in [0.4, 0.5) is 43.9 Å². The van der Waals surface area contributed by atoms with Gasteiger partial charge in [0.2, 0.25) is 11.6 Å². The Labute approximate surface area is 166 Å². The second-order valence-electron chi connectivity index (χ2n) is 5.91. The molecule has 0 heterocycles. The van der Waals surface area contributed by atoms with E-state index in [1.54, 1.807) is 0 Å². The van der Waals surface area contributed by atoms with Crippen molar-refractivity contribution < 1.29 is 58.2 Å². The van der Waals surface area contributed by atoms with Crippen LogP contribution in [0.15, 0.2) is 0 Å². The van der Waals surface area contributed by atoms with Gasteiger partial charge in [-0.15, -0.1) is 0 Å². The zero-order chi connectivity index (χ0) is 23.6. The van der Waals surface area contributed by atoms with Crippen LogP contribution in [-0.2, 0) is 4.74 Å². The fraction of sp³-hybridized carbons (Fsp3) is 0.222. The minimum atomic E-state index is -2.49. The Morgan fingerprint density at radius 1 is 0.516 bits per heavy atom. The van der Waals surface area contributed by atoms with Crippen molar-refractivity contribution in [2.24, 2.45) is 0 Å². The van der Waals surface area contributed by atoms with Crippen LogP contribution in [0.25, 0.3) is 0 Å². The average Bonchev–Trinajstić information content (AvgIpc) is 2.73. The molecule has 0 aromatic heterocycles. The number of ether oxygens (including phenoxy) is 1. The van der Waals surface area contributed by atoms with Gasteiger partial charge >= 0.3 is 5.97 Å². The molecule has 0 fully saturated rings. The van der Waals surface area contributed by atoms with Crippen LogP contribution >= 0.6 is 0 Å². The molecule has 0 aliphatic carbocycles. The molecule has 168 valence electrons. The lowest BCUT2D eigenvalue weighted by molar-refractivity contribution is 0.0483. The molecule has 0 amide bonds. The number of hydrogen-bond acceptors (Lipinski definition) is 3. The standard InChI is InChI=1S/C18H8F10O3/c19-8-6(9(20)13(24)16(27)12(8)23)5(29)3-1-2-4-31-18(30)7-10(21)14(25)17(28)15(26)11(7)22/h1-4H2. The Morgan fingerprint density at radius 3 is 1.29 bits per heavy atom. The van der Waals surface area contributed by atoms with Crippen molar-refractivity contribution in [3.05, 3.63) is 69.3 Å². The summed E-state index contributed by atoms with van der Waals surface area (Å²) in [6.07, 6.45) is -1.47. The van der Waals surface area contributed by atoms with E-state index in [4.69, 9.17) is 0 Å². The zero-order valence-corrected chi connectivity index (χ0v) is 14.8. The normalized spacial score (nSPS) is 11.0. The van der Waals surface area contributed by atoms with Crippen LogP contribution in [0.3, 0.4) is 0 Å². The van der Waals surface area contributed by atoms with E-state index in [1.807, 2.05) is 0 Å². The minimum absolute atomic E-state index is 0.331.